The fourth-order valence-corrected chi connectivity index (χ4v) is 2.82. The number of nitrogens with one attached hydrogen (secondary N) is 1. The molecule has 2 unspecified atom stereocenters. The smallest absolute Gasteiger partial charge is 0.316 e. The highest BCUT2D eigenvalue weighted by molar-refractivity contribution is 7.32. The summed E-state index contributed by atoms with van der Waals surface area (Å²) in [6.07, 6.45) is 2.57. The summed E-state index contributed by atoms with van der Waals surface area (Å²) in [6.45, 7) is 0.290. The average molecular weight is 317 g/mol. The molecule has 0 bridgehead atoms. The maximum absolute atomic E-state index is 13.9. The summed E-state index contributed by atoms with van der Waals surface area (Å²) < 4.78 is 36.0. The largest absolute Gasteiger partial charge is 0.374 e. The van der Waals surface area contributed by atoms with Crippen LogP contribution in [0.1, 0.15) is 12.5 Å². The van der Waals surface area contributed by atoms with E-state index in [1.165, 1.54) is 12.5 Å². The summed E-state index contributed by atoms with van der Waals surface area (Å²) >= 11 is 0. The van der Waals surface area contributed by atoms with E-state index in [1.54, 1.807) is 4.57 Å². The van der Waals surface area contributed by atoms with Gasteiger partial charge in [0.25, 0.3) is 5.56 Å². The lowest BCUT2D eigenvalue weighted by Crippen LogP contribution is -2.13. The zero-order valence-electron chi connectivity index (χ0n) is 10.8. The Morgan fingerprint density at radius 3 is 3.24 bits per heavy atom. The molecule has 1 aliphatic heterocycles. The monoisotopic (exact) mass is 317 g/mol. The number of fused-ring (bicyclic) bond motifs is 1. The first-order chi connectivity index (χ1) is 10.1. The van der Waals surface area contributed by atoms with Crippen molar-refractivity contribution in [2.75, 3.05) is 13.2 Å². The Labute approximate surface area is 118 Å². The highest BCUT2D eigenvalue weighted by Gasteiger charge is 2.29. The van der Waals surface area contributed by atoms with Crippen LogP contribution in [0.25, 0.3) is 11.0 Å². The average Bonchev–Trinajstić information content (AvgIpc) is 3.02. The van der Waals surface area contributed by atoms with Crippen molar-refractivity contribution in [3.63, 3.8) is 0 Å². The minimum Gasteiger partial charge on any atom is -0.374 e. The van der Waals surface area contributed by atoms with Gasteiger partial charge in [-0.3, -0.25) is 9.36 Å². The van der Waals surface area contributed by atoms with Crippen LogP contribution in [0.2, 0.25) is 0 Å². The highest BCUT2D eigenvalue weighted by atomic mass is 31.1. The van der Waals surface area contributed by atoms with Gasteiger partial charge in [0.05, 0.1) is 31.7 Å². The van der Waals surface area contributed by atoms with Gasteiger partial charge in [0.1, 0.15) is 5.39 Å². The van der Waals surface area contributed by atoms with Gasteiger partial charge in [-0.25, -0.2) is 9.37 Å². The zero-order chi connectivity index (χ0) is 15.0. The molecule has 0 saturated carbocycles. The molecule has 3 rings (SSSR count). The summed E-state index contributed by atoms with van der Waals surface area (Å²) in [4.78, 5) is 26.6. The van der Waals surface area contributed by atoms with Crippen LogP contribution in [0, 0.1) is 5.82 Å². The summed E-state index contributed by atoms with van der Waals surface area (Å²) in [5.41, 5.74) is -0.281. The van der Waals surface area contributed by atoms with Gasteiger partial charge in [0, 0.05) is 6.20 Å². The highest BCUT2D eigenvalue weighted by Crippen LogP contribution is 2.29. The van der Waals surface area contributed by atoms with Gasteiger partial charge in [0.15, 0.2) is 11.5 Å². The fraction of sp³-hybridized carbons (Fsp3) is 0.455. The standard InChI is InChI=1S/C11H13FN3O5P/c12-8-2-15(10-9(8)11(16)14-5-13-10)6-1-7(19-3-6)4-20-21(17)18/h2,5-7,21H,1,3-4H2,(H,17,18)(H,13,14,16)/t6-,7?/m0/s1. The number of rotatable bonds is 4. The molecule has 21 heavy (non-hydrogen) atoms. The lowest BCUT2D eigenvalue weighted by atomic mass is 10.2. The lowest BCUT2D eigenvalue weighted by Gasteiger charge is -2.11. The Morgan fingerprint density at radius 2 is 2.48 bits per heavy atom. The minimum atomic E-state index is -2.99. The van der Waals surface area contributed by atoms with E-state index in [-0.39, 0.29) is 36.4 Å². The van der Waals surface area contributed by atoms with Gasteiger partial charge in [-0.05, 0) is 6.42 Å². The predicted octanol–water partition coefficient (Wildman–Crippen LogP) is 0.592. The number of aromatic nitrogens is 3. The topological polar surface area (TPSA) is 106 Å². The molecule has 3 heterocycles. The van der Waals surface area contributed by atoms with Gasteiger partial charge >= 0.3 is 8.25 Å². The van der Waals surface area contributed by atoms with Gasteiger partial charge in [0.2, 0.25) is 0 Å². The molecule has 3 atom stereocenters. The molecule has 2 N–H and O–H groups in total. The van der Waals surface area contributed by atoms with Crippen LogP contribution in [0.5, 0.6) is 0 Å². The van der Waals surface area contributed by atoms with E-state index in [0.717, 1.165) is 0 Å². The van der Waals surface area contributed by atoms with Crippen molar-refractivity contribution < 1.29 is 23.1 Å². The minimum absolute atomic E-state index is 0.000488. The molecule has 0 radical (unpaired) electrons. The number of ether oxygens (including phenoxy) is 1. The second-order valence-corrected chi connectivity index (χ2v) is 5.56. The molecule has 2 aromatic rings. The molecule has 0 amide bonds. The third-order valence-corrected chi connectivity index (χ3v) is 3.83. The molecule has 1 saturated heterocycles. The van der Waals surface area contributed by atoms with Crippen LogP contribution in [0.3, 0.4) is 0 Å². The third-order valence-electron chi connectivity index (χ3n) is 3.41. The third kappa shape index (κ3) is 2.77. The summed E-state index contributed by atoms with van der Waals surface area (Å²) in [7, 11) is -2.99. The Balaban J connectivity index is 1.84. The molecular formula is C11H13FN3O5P. The van der Waals surface area contributed by atoms with Crippen molar-refractivity contribution in [2.45, 2.75) is 18.6 Å². The van der Waals surface area contributed by atoms with Gasteiger partial charge in [-0.15, -0.1) is 0 Å². The zero-order valence-corrected chi connectivity index (χ0v) is 11.8. The Kier molecular flexibility index (Phi) is 3.90. The Morgan fingerprint density at radius 1 is 1.67 bits per heavy atom. The maximum atomic E-state index is 13.9. The normalized spacial score (nSPS) is 23.7. The van der Waals surface area contributed by atoms with E-state index < -0.39 is 19.6 Å². The first-order valence-electron chi connectivity index (χ1n) is 6.27. The SMILES string of the molecule is O=c1[nH]cnc2c1c(F)cn2[C@@H]1COC(CO[PH](=O)O)C1. The Bertz CT molecular complexity index is 745. The Hall–Kier alpha value is -1.54. The second-order valence-electron chi connectivity index (χ2n) is 4.74. The van der Waals surface area contributed by atoms with Crippen molar-refractivity contribution in [3.8, 4) is 0 Å². The summed E-state index contributed by atoms with van der Waals surface area (Å²) in [5, 5.41) is -0.0855. The van der Waals surface area contributed by atoms with E-state index in [9.17, 15) is 13.8 Å². The van der Waals surface area contributed by atoms with Crippen LogP contribution >= 0.6 is 8.25 Å². The summed E-state index contributed by atoms with van der Waals surface area (Å²) in [5.74, 6) is -0.639. The van der Waals surface area contributed by atoms with Crippen molar-refractivity contribution in [3.05, 3.63) is 28.7 Å². The van der Waals surface area contributed by atoms with E-state index in [0.29, 0.717) is 6.42 Å². The van der Waals surface area contributed by atoms with Crippen LogP contribution in [-0.4, -0.2) is 38.7 Å². The van der Waals surface area contributed by atoms with Gasteiger partial charge in [-0.2, -0.15) is 0 Å². The van der Waals surface area contributed by atoms with E-state index >= 15 is 0 Å². The molecule has 0 spiro atoms. The number of halogens is 1. The summed E-state index contributed by atoms with van der Waals surface area (Å²) in [6, 6.07) is -0.207. The van der Waals surface area contributed by atoms with Crippen LogP contribution < -0.4 is 5.56 Å². The quantitative estimate of drug-likeness (QED) is 0.800. The van der Waals surface area contributed by atoms with Crippen LogP contribution in [-0.2, 0) is 13.8 Å². The number of hydrogen-bond donors (Lipinski definition) is 2. The molecular weight excluding hydrogens is 304 g/mol. The predicted molar refractivity (Wildman–Crippen MR) is 70.9 cm³/mol. The number of aromatic amines is 1. The lowest BCUT2D eigenvalue weighted by molar-refractivity contribution is 0.0648. The molecule has 0 aromatic carbocycles. The molecule has 2 aromatic heterocycles. The van der Waals surface area contributed by atoms with Crippen molar-refractivity contribution in [1.82, 2.24) is 14.5 Å². The first-order valence-corrected chi connectivity index (χ1v) is 7.53. The van der Waals surface area contributed by atoms with E-state index in [4.69, 9.17) is 9.63 Å². The molecule has 8 nitrogen and oxygen atoms in total. The fourth-order valence-electron chi connectivity index (χ4n) is 2.49. The first kappa shape index (κ1) is 14.4. The molecule has 1 aliphatic rings. The second kappa shape index (κ2) is 5.69. The van der Waals surface area contributed by atoms with Crippen molar-refractivity contribution in [2.24, 2.45) is 0 Å². The van der Waals surface area contributed by atoms with E-state index in [2.05, 4.69) is 14.5 Å². The molecule has 114 valence electrons. The molecule has 1 fully saturated rings. The van der Waals surface area contributed by atoms with Crippen LogP contribution in [0.15, 0.2) is 17.3 Å². The number of H-pyrrole nitrogens is 1. The van der Waals surface area contributed by atoms with E-state index in [1.807, 2.05) is 0 Å². The van der Waals surface area contributed by atoms with Crippen molar-refractivity contribution >= 4 is 19.3 Å². The van der Waals surface area contributed by atoms with Gasteiger partial charge < -0.3 is 23.7 Å². The molecule has 0 aliphatic carbocycles. The number of hydrogen-bond acceptors (Lipinski definition) is 5. The molecule has 10 heteroatoms. The maximum Gasteiger partial charge on any atom is 0.316 e. The number of nitrogens with zero attached hydrogens (tertiary/aromatic N) is 2. The van der Waals surface area contributed by atoms with Crippen LogP contribution in [0.4, 0.5) is 4.39 Å². The van der Waals surface area contributed by atoms with Crippen molar-refractivity contribution in [1.29, 1.82) is 0 Å². The van der Waals surface area contributed by atoms with Gasteiger partial charge in [-0.1, -0.05) is 0 Å².